The molecule has 2 amide bonds. The minimum absolute atomic E-state index is 0.0610. The number of imide groups is 1. The van der Waals surface area contributed by atoms with Gasteiger partial charge in [0.1, 0.15) is 17.2 Å². The molecule has 1 aliphatic rings. The van der Waals surface area contributed by atoms with Crippen molar-refractivity contribution < 1.29 is 24.0 Å². The number of anilines is 2. The zero-order valence-electron chi connectivity index (χ0n) is 18.5. The summed E-state index contributed by atoms with van der Waals surface area (Å²) in [4.78, 5) is 38.5. The summed E-state index contributed by atoms with van der Waals surface area (Å²) in [6.45, 7) is 2.40. The summed E-state index contributed by atoms with van der Waals surface area (Å²) in [6, 6.07) is 19.1. The molecule has 9 nitrogen and oxygen atoms in total. The largest absolute Gasteiger partial charge is 0.497 e. The Balaban J connectivity index is 1.77. The van der Waals surface area contributed by atoms with Crippen LogP contribution in [0.5, 0.6) is 11.5 Å². The first-order chi connectivity index (χ1) is 16.4. The van der Waals surface area contributed by atoms with Gasteiger partial charge in [0.25, 0.3) is 17.5 Å². The Bertz CT molecular complexity index is 1280. The first-order valence-electron chi connectivity index (χ1n) is 10.4. The SMILES string of the molecule is CCOc1ccc(NC2=C(c3ccc([N+](=O)[O-])cc3)C(=O)N(c3cccc(OC)c3)C2=O)cc1. The van der Waals surface area contributed by atoms with Gasteiger partial charge in [-0.05, 0) is 61.0 Å². The molecule has 0 bridgehead atoms. The summed E-state index contributed by atoms with van der Waals surface area (Å²) in [5.74, 6) is 0.0494. The summed E-state index contributed by atoms with van der Waals surface area (Å²) in [6.07, 6.45) is 0. The molecular formula is C25H21N3O6. The molecule has 4 rings (SSSR count). The van der Waals surface area contributed by atoms with E-state index >= 15 is 0 Å². The Labute approximate surface area is 195 Å². The van der Waals surface area contributed by atoms with Gasteiger partial charge in [-0.2, -0.15) is 0 Å². The van der Waals surface area contributed by atoms with Gasteiger partial charge in [-0.1, -0.05) is 6.07 Å². The van der Waals surface area contributed by atoms with Crippen molar-refractivity contribution in [3.05, 3.63) is 94.2 Å². The number of nitro groups is 1. The van der Waals surface area contributed by atoms with Crippen LogP contribution in [0.4, 0.5) is 17.1 Å². The monoisotopic (exact) mass is 459 g/mol. The molecule has 172 valence electrons. The zero-order valence-corrected chi connectivity index (χ0v) is 18.5. The standard InChI is InChI=1S/C25H21N3O6/c1-3-34-20-13-9-17(10-14-20)26-23-22(16-7-11-18(12-8-16)28(31)32)24(29)27(25(23)30)19-5-4-6-21(15-19)33-2/h4-15,26H,3H2,1-2H3. The Morgan fingerprint density at radius 2 is 1.65 bits per heavy atom. The van der Waals surface area contributed by atoms with Gasteiger partial charge >= 0.3 is 0 Å². The van der Waals surface area contributed by atoms with Crippen molar-refractivity contribution in [1.29, 1.82) is 0 Å². The molecule has 1 N–H and O–H groups in total. The second-order valence-electron chi connectivity index (χ2n) is 7.28. The second-order valence-corrected chi connectivity index (χ2v) is 7.28. The van der Waals surface area contributed by atoms with Crippen molar-refractivity contribution in [3.63, 3.8) is 0 Å². The maximum Gasteiger partial charge on any atom is 0.282 e. The molecule has 0 radical (unpaired) electrons. The number of carbonyl (C=O) groups is 2. The van der Waals surface area contributed by atoms with E-state index in [1.165, 1.54) is 31.4 Å². The molecule has 3 aromatic rings. The smallest absolute Gasteiger partial charge is 0.282 e. The van der Waals surface area contributed by atoms with Crippen molar-refractivity contribution in [1.82, 2.24) is 0 Å². The van der Waals surface area contributed by atoms with Crippen molar-refractivity contribution >= 4 is 34.4 Å². The highest BCUT2D eigenvalue weighted by atomic mass is 16.6. The molecule has 9 heteroatoms. The minimum atomic E-state index is -0.555. The maximum atomic E-state index is 13.5. The van der Waals surface area contributed by atoms with Gasteiger partial charge in [0.15, 0.2) is 0 Å². The van der Waals surface area contributed by atoms with Gasteiger partial charge in [0.05, 0.1) is 29.9 Å². The number of methoxy groups -OCH3 is 1. The van der Waals surface area contributed by atoms with E-state index in [1.54, 1.807) is 48.5 Å². The normalized spacial score (nSPS) is 13.3. The van der Waals surface area contributed by atoms with Crippen LogP contribution in [0, 0.1) is 10.1 Å². The molecule has 0 saturated heterocycles. The van der Waals surface area contributed by atoms with Crippen LogP contribution in [0.15, 0.2) is 78.5 Å². The highest BCUT2D eigenvalue weighted by molar-refractivity contribution is 6.46. The van der Waals surface area contributed by atoms with Gasteiger partial charge in [-0.15, -0.1) is 0 Å². The Kier molecular flexibility index (Phi) is 6.26. The van der Waals surface area contributed by atoms with Gasteiger partial charge in [0, 0.05) is 23.9 Å². The number of nitrogens with one attached hydrogen (secondary N) is 1. The third-order valence-corrected chi connectivity index (χ3v) is 5.20. The number of amides is 2. The van der Waals surface area contributed by atoms with E-state index in [9.17, 15) is 19.7 Å². The fourth-order valence-electron chi connectivity index (χ4n) is 3.59. The first-order valence-corrected chi connectivity index (χ1v) is 10.4. The Morgan fingerprint density at radius 1 is 0.941 bits per heavy atom. The molecule has 0 aromatic heterocycles. The van der Waals surface area contributed by atoms with E-state index in [0.29, 0.717) is 35.0 Å². The number of non-ortho nitro benzene ring substituents is 1. The molecule has 0 atom stereocenters. The van der Waals surface area contributed by atoms with E-state index in [2.05, 4.69) is 5.32 Å². The maximum absolute atomic E-state index is 13.5. The molecule has 1 heterocycles. The molecular weight excluding hydrogens is 438 g/mol. The first kappa shape index (κ1) is 22.5. The number of ether oxygens (including phenoxy) is 2. The Morgan fingerprint density at radius 3 is 2.26 bits per heavy atom. The molecule has 3 aromatic carbocycles. The van der Waals surface area contributed by atoms with Crippen LogP contribution < -0.4 is 19.7 Å². The number of benzene rings is 3. The minimum Gasteiger partial charge on any atom is -0.497 e. The van der Waals surface area contributed by atoms with E-state index in [0.717, 1.165) is 4.90 Å². The number of hydrogen-bond acceptors (Lipinski definition) is 7. The van der Waals surface area contributed by atoms with Gasteiger partial charge in [-0.3, -0.25) is 19.7 Å². The van der Waals surface area contributed by atoms with Gasteiger partial charge < -0.3 is 14.8 Å². The van der Waals surface area contributed by atoms with E-state index in [1.807, 2.05) is 6.92 Å². The summed E-state index contributed by atoms with van der Waals surface area (Å²) in [7, 11) is 1.49. The summed E-state index contributed by atoms with van der Waals surface area (Å²) in [5, 5.41) is 14.1. The van der Waals surface area contributed by atoms with Crippen LogP contribution in [0.25, 0.3) is 5.57 Å². The molecule has 34 heavy (non-hydrogen) atoms. The predicted molar refractivity (Wildman–Crippen MR) is 127 cm³/mol. The summed E-state index contributed by atoms with van der Waals surface area (Å²) >= 11 is 0. The molecule has 0 fully saturated rings. The molecule has 0 unspecified atom stereocenters. The molecule has 1 aliphatic heterocycles. The molecule has 0 saturated carbocycles. The summed E-state index contributed by atoms with van der Waals surface area (Å²) < 4.78 is 10.7. The third-order valence-electron chi connectivity index (χ3n) is 5.20. The van der Waals surface area contributed by atoms with Crippen LogP contribution in [0.2, 0.25) is 0 Å². The highest BCUT2D eigenvalue weighted by Crippen LogP contribution is 2.35. The fraction of sp³-hybridized carbons (Fsp3) is 0.120. The lowest BCUT2D eigenvalue weighted by Crippen LogP contribution is -2.32. The fourth-order valence-corrected chi connectivity index (χ4v) is 3.59. The molecule has 0 spiro atoms. The molecule has 0 aliphatic carbocycles. The van der Waals surface area contributed by atoms with Crippen LogP contribution >= 0.6 is 0 Å². The Hall–Kier alpha value is -4.66. The van der Waals surface area contributed by atoms with Crippen molar-refractivity contribution in [2.24, 2.45) is 0 Å². The number of rotatable bonds is 8. The number of nitrogens with zero attached hydrogens (tertiary/aromatic N) is 2. The van der Waals surface area contributed by atoms with Gasteiger partial charge in [0.2, 0.25) is 0 Å². The lowest BCUT2D eigenvalue weighted by molar-refractivity contribution is -0.384. The predicted octanol–water partition coefficient (Wildman–Crippen LogP) is 4.40. The van der Waals surface area contributed by atoms with E-state index in [4.69, 9.17) is 9.47 Å². The number of carbonyl (C=O) groups excluding carboxylic acids is 2. The van der Waals surface area contributed by atoms with Crippen LogP contribution in [0.3, 0.4) is 0 Å². The topological polar surface area (TPSA) is 111 Å². The number of hydrogen-bond donors (Lipinski definition) is 1. The second kappa shape index (κ2) is 9.45. The lowest BCUT2D eigenvalue weighted by Gasteiger charge is -2.16. The average Bonchev–Trinajstić information content (AvgIpc) is 3.09. The van der Waals surface area contributed by atoms with Crippen molar-refractivity contribution in [3.8, 4) is 11.5 Å². The van der Waals surface area contributed by atoms with Crippen molar-refractivity contribution in [2.45, 2.75) is 6.92 Å². The van der Waals surface area contributed by atoms with Crippen LogP contribution in [0.1, 0.15) is 12.5 Å². The highest BCUT2D eigenvalue weighted by Gasteiger charge is 2.40. The summed E-state index contributed by atoms with van der Waals surface area (Å²) in [5.41, 5.74) is 1.35. The lowest BCUT2D eigenvalue weighted by atomic mass is 10.0. The van der Waals surface area contributed by atoms with Crippen LogP contribution in [-0.2, 0) is 9.59 Å². The zero-order chi connectivity index (χ0) is 24.2. The van der Waals surface area contributed by atoms with Gasteiger partial charge in [-0.25, -0.2) is 4.90 Å². The average molecular weight is 459 g/mol. The van der Waals surface area contributed by atoms with E-state index < -0.39 is 16.7 Å². The number of nitro benzene ring substituents is 1. The van der Waals surface area contributed by atoms with Crippen LogP contribution in [-0.4, -0.2) is 30.5 Å². The van der Waals surface area contributed by atoms with Crippen molar-refractivity contribution in [2.75, 3.05) is 23.9 Å². The third kappa shape index (κ3) is 4.31. The quantitative estimate of drug-likeness (QED) is 0.302. The van der Waals surface area contributed by atoms with E-state index in [-0.39, 0.29) is 17.0 Å².